The quantitative estimate of drug-likeness (QED) is 0.719. The number of alkyl halides is 1. The molecule has 1 aromatic carbocycles. The Labute approximate surface area is 113 Å². The zero-order chi connectivity index (χ0) is 13.1. The molecule has 0 saturated heterocycles. The Hall–Kier alpha value is -0.760. The first-order valence-electron chi connectivity index (χ1n) is 6.59. The zero-order valence-electron chi connectivity index (χ0n) is 11.0. The highest BCUT2D eigenvalue weighted by atomic mass is 35.5. The monoisotopic (exact) mass is 270 g/mol. The molecule has 1 aliphatic carbocycles. The number of hydrogen-bond donors (Lipinski definition) is 0. The van der Waals surface area contributed by atoms with E-state index in [1.165, 1.54) is 12.5 Å². The van der Waals surface area contributed by atoms with Crippen LogP contribution in [-0.2, 0) is 5.88 Å². The van der Waals surface area contributed by atoms with Gasteiger partial charge in [-0.1, -0.05) is 19.9 Å². The van der Waals surface area contributed by atoms with Gasteiger partial charge in [-0.2, -0.15) is 0 Å². The molecule has 3 heteroatoms. The van der Waals surface area contributed by atoms with Crippen LogP contribution in [0.2, 0.25) is 0 Å². The maximum absolute atomic E-state index is 13.8. The molecule has 0 aliphatic heterocycles. The highest BCUT2D eigenvalue weighted by Crippen LogP contribution is 2.32. The summed E-state index contributed by atoms with van der Waals surface area (Å²) in [5.41, 5.74) is 0.784. The summed E-state index contributed by atoms with van der Waals surface area (Å²) in [5.74, 6) is 1.69. The second-order valence-electron chi connectivity index (χ2n) is 5.56. The summed E-state index contributed by atoms with van der Waals surface area (Å²) < 4.78 is 19.6. The van der Waals surface area contributed by atoms with Crippen LogP contribution in [0, 0.1) is 17.7 Å². The second kappa shape index (κ2) is 5.92. The van der Waals surface area contributed by atoms with Gasteiger partial charge in [0.25, 0.3) is 0 Å². The van der Waals surface area contributed by atoms with E-state index in [1.807, 2.05) is 6.07 Å². The fourth-order valence-electron chi connectivity index (χ4n) is 2.87. The van der Waals surface area contributed by atoms with Gasteiger partial charge < -0.3 is 4.74 Å². The van der Waals surface area contributed by atoms with Gasteiger partial charge in [0.05, 0.1) is 6.10 Å². The third kappa shape index (κ3) is 3.38. The van der Waals surface area contributed by atoms with Gasteiger partial charge in [0, 0.05) is 5.88 Å². The molecule has 1 fully saturated rings. The minimum absolute atomic E-state index is 0.139. The number of rotatable bonds is 3. The summed E-state index contributed by atoms with van der Waals surface area (Å²) in [5, 5.41) is 0. The zero-order valence-corrected chi connectivity index (χ0v) is 11.7. The second-order valence-corrected chi connectivity index (χ2v) is 5.82. The van der Waals surface area contributed by atoms with Gasteiger partial charge in [0.2, 0.25) is 0 Å². The fourth-order valence-corrected chi connectivity index (χ4v) is 3.04. The number of hydrogen-bond acceptors (Lipinski definition) is 1. The van der Waals surface area contributed by atoms with Gasteiger partial charge in [0.1, 0.15) is 0 Å². The standard InChI is InChI=1S/C15H20ClFO/c1-10-5-11(2)7-13(6-10)18-15-4-3-12(9-16)8-14(15)17/h3-4,8,10-11,13H,5-7,9H2,1-2H3. The molecule has 18 heavy (non-hydrogen) atoms. The number of ether oxygens (including phenoxy) is 1. The molecule has 0 radical (unpaired) electrons. The van der Waals surface area contributed by atoms with Crippen molar-refractivity contribution in [3.05, 3.63) is 29.6 Å². The van der Waals surface area contributed by atoms with Crippen molar-refractivity contribution in [3.8, 4) is 5.75 Å². The SMILES string of the molecule is CC1CC(C)CC(Oc2ccc(CCl)cc2F)C1. The average Bonchev–Trinajstić information content (AvgIpc) is 2.30. The van der Waals surface area contributed by atoms with E-state index in [4.69, 9.17) is 16.3 Å². The lowest BCUT2D eigenvalue weighted by molar-refractivity contribution is 0.0970. The molecule has 0 bridgehead atoms. The molecule has 1 aliphatic rings. The van der Waals surface area contributed by atoms with Crippen molar-refractivity contribution in [2.45, 2.75) is 45.1 Å². The summed E-state index contributed by atoms with van der Waals surface area (Å²) in [6.45, 7) is 4.47. The molecule has 1 aromatic rings. The van der Waals surface area contributed by atoms with Crippen LogP contribution >= 0.6 is 11.6 Å². The molecular formula is C15H20ClFO. The molecule has 0 N–H and O–H groups in total. The van der Waals surface area contributed by atoms with Crippen molar-refractivity contribution in [2.75, 3.05) is 0 Å². The average molecular weight is 271 g/mol. The summed E-state index contributed by atoms with van der Waals surface area (Å²) in [4.78, 5) is 0. The maximum Gasteiger partial charge on any atom is 0.165 e. The predicted molar refractivity (Wildman–Crippen MR) is 72.6 cm³/mol. The van der Waals surface area contributed by atoms with Crippen molar-refractivity contribution in [3.63, 3.8) is 0 Å². The Morgan fingerprint density at radius 2 is 1.89 bits per heavy atom. The Morgan fingerprint density at radius 3 is 2.44 bits per heavy atom. The third-order valence-electron chi connectivity index (χ3n) is 3.58. The molecular weight excluding hydrogens is 251 g/mol. The van der Waals surface area contributed by atoms with E-state index < -0.39 is 0 Å². The molecule has 0 heterocycles. The first kappa shape index (κ1) is 13.7. The van der Waals surface area contributed by atoms with E-state index in [0.29, 0.717) is 23.5 Å². The smallest absolute Gasteiger partial charge is 0.165 e. The van der Waals surface area contributed by atoms with Gasteiger partial charge in [-0.05, 0) is 48.8 Å². The van der Waals surface area contributed by atoms with E-state index >= 15 is 0 Å². The molecule has 2 atom stereocenters. The van der Waals surface area contributed by atoms with Crippen LogP contribution in [0.4, 0.5) is 4.39 Å². The van der Waals surface area contributed by atoms with Crippen LogP contribution < -0.4 is 4.74 Å². The molecule has 0 spiro atoms. The minimum Gasteiger partial charge on any atom is -0.487 e. The van der Waals surface area contributed by atoms with Crippen LogP contribution in [0.15, 0.2) is 18.2 Å². The highest BCUT2D eigenvalue weighted by Gasteiger charge is 2.25. The van der Waals surface area contributed by atoms with Crippen LogP contribution in [0.5, 0.6) is 5.75 Å². The van der Waals surface area contributed by atoms with E-state index in [9.17, 15) is 4.39 Å². The number of benzene rings is 1. The highest BCUT2D eigenvalue weighted by molar-refractivity contribution is 6.17. The Bertz CT molecular complexity index is 397. The Morgan fingerprint density at radius 1 is 1.22 bits per heavy atom. The van der Waals surface area contributed by atoms with Crippen molar-refractivity contribution in [1.29, 1.82) is 0 Å². The first-order chi connectivity index (χ1) is 8.58. The summed E-state index contributed by atoms with van der Waals surface area (Å²) in [7, 11) is 0. The van der Waals surface area contributed by atoms with E-state index in [-0.39, 0.29) is 11.9 Å². The van der Waals surface area contributed by atoms with E-state index in [2.05, 4.69) is 13.8 Å². The predicted octanol–water partition coefficient (Wildman–Crippen LogP) is 4.77. The normalized spacial score (nSPS) is 28.1. The van der Waals surface area contributed by atoms with Crippen molar-refractivity contribution >= 4 is 11.6 Å². The molecule has 0 aromatic heterocycles. The van der Waals surface area contributed by atoms with Gasteiger partial charge in [-0.3, -0.25) is 0 Å². The van der Waals surface area contributed by atoms with Crippen molar-refractivity contribution in [2.24, 2.45) is 11.8 Å². The van der Waals surface area contributed by atoms with Crippen molar-refractivity contribution < 1.29 is 9.13 Å². The first-order valence-corrected chi connectivity index (χ1v) is 7.13. The lowest BCUT2D eigenvalue weighted by Gasteiger charge is -2.31. The Kier molecular flexibility index (Phi) is 4.50. The number of halogens is 2. The summed E-state index contributed by atoms with van der Waals surface area (Å²) in [6, 6.07) is 4.97. The largest absolute Gasteiger partial charge is 0.487 e. The van der Waals surface area contributed by atoms with Crippen molar-refractivity contribution in [1.82, 2.24) is 0 Å². The molecule has 1 nitrogen and oxygen atoms in total. The lowest BCUT2D eigenvalue weighted by atomic mass is 9.82. The van der Waals surface area contributed by atoms with Gasteiger partial charge in [-0.25, -0.2) is 4.39 Å². The Balaban J connectivity index is 2.04. The van der Waals surface area contributed by atoms with Crippen LogP contribution in [-0.4, -0.2) is 6.10 Å². The van der Waals surface area contributed by atoms with E-state index in [1.54, 1.807) is 6.07 Å². The van der Waals surface area contributed by atoms with Gasteiger partial charge >= 0.3 is 0 Å². The van der Waals surface area contributed by atoms with Gasteiger partial charge in [0.15, 0.2) is 11.6 Å². The minimum atomic E-state index is -0.306. The maximum atomic E-state index is 13.8. The molecule has 2 unspecified atom stereocenters. The fraction of sp³-hybridized carbons (Fsp3) is 0.600. The van der Waals surface area contributed by atoms with Crippen LogP contribution in [0.3, 0.4) is 0 Å². The van der Waals surface area contributed by atoms with E-state index in [0.717, 1.165) is 18.4 Å². The summed E-state index contributed by atoms with van der Waals surface area (Å²) in [6.07, 6.45) is 3.41. The third-order valence-corrected chi connectivity index (χ3v) is 3.89. The topological polar surface area (TPSA) is 9.23 Å². The molecule has 2 rings (SSSR count). The molecule has 100 valence electrons. The molecule has 0 amide bonds. The lowest BCUT2D eigenvalue weighted by Crippen LogP contribution is -2.28. The van der Waals surface area contributed by atoms with Gasteiger partial charge in [-0.15, -0.1) is 11.6 Å². The molecule has 1 saturated carbocycles. The van der Waals surface area contributed by atoms with Crippen LogP contribution in [0.25, 0.3) is 0 Å². The van der Waals surface area contributed by atoms with Crippen LogP contribution in [0.1, 0.15) is 38.7 Å². The summed E-state index contributed by atoms with van der Waals surface area (Å²) >= 11 is 5.67.